The molecule has 0 aliphatic heterocycles. The lowest BCUT2D eigenvalue weighted by atomic mass is 9.65. The molecule has 4 N–H and O–H groups in total. The number of carbonyl (C=O) groups is 1. The van der Waals surface area contributed by atoms with Crippen molar-refractivity contribution in [1.29, 1.82) is 0 Å². The van der Waals surface area contributed by atoms with Gasteiger partial charge in [0, 0.05) is 25.6 Å². The van der Waals surface area contributed by atoms with Crippen molar-refractivity contribution in [2.45, 2.75) is 57.6 Å². The summed E-state index contributed by atoms with van der Waals surface area (Å²) in [6.45, 7) is 4.73. The van der Waals surface area contributed by atoms with Crippen LogP contribution in [0.1, 0.15) is 43.7 Å². The fourth-order valence-electron chi connectivity index (χ4n) is 5.34. The molecule has 6 nitrogen and oxygen atoms in total. The smallest absolute Gasteiger partial charge is 0.451 e. The van der Waals surface area contributed by atoms with E-state index in [1.54, 1.807) is 0 Å². The predicted octanol–water partition coefficient (Wildman–Crippen LogP) is 4.24. The van der Waals surface area contributed by atoms with Gasteiger partial charge in [-0.3, -0.25) is 9.69 Å². The van der Waals surface area contributed by atoms with Crippen molar-refractivity contribution >= 4 is 37.9 Å². The van der Waals surface area contributed by atoms with Gasteiger partial charge < -0.3 is 20.5 Å². The standard InChI is InChI=1S/C26H37BN2O4.2ClH/c1-2-28-26(25(30)31)17-21(15-16-27(32)33)13-14-24(26)20-29(18-22-9-5-3-6-10-22)19-23-11-7-4-8-12-23;;/h3-12,21,24,28,32-33H,2,13-20H2,1H3,(H,30,31);2*1H/t21-,24-,26+;;/m0../s1. The number of aliphatic carboxylic acids is 1. The second kappa shape index (κ2) is 15.5. The molecular formula is C26H39BCl2N2O4. The first kappa shape index (κ1) is 31.4. The zero-order valence-electron chi connectivity index (χ0n) is 20.4. The molecule has 0 heterocycles. The van der Waals surface area contributed by atoms with Crippen LogP contribution >= 0.6 is 24.8 Å². The maximum atomic E-state index is 12.7. The van der Waals surface area contributed by atoms with E-state index in [-0.39, 0.29) is 43.0 Å². The topological polar surface area (TPSA) is 93.0 Å². The van der Waals surface area contributed by atoms with Crippen molar-refractivity contribution in [3.8, 4) is 0 Å². The molecule has 1 fully saturated rings. The van der Waals surface area contributed by atoms with Gasteiger partial charge in [-0.05, 0) is 49.2 Å². The van der Waals surface area contributed by atoms with E-state index in [1.165, 1.54) is 11.1 Å². The molecule has 35 heavy (non-hydrogen) atoms. The van der Waals surface area contributed by atoms with Gasteiger partial charge in [0.2, 0.25) is 0 Å². The summed E-state index contributed by atoms with van der Waals surface area (Å²) in [4.78, 5) is 15.0. The van der Waals surface area contributed by atoms with E-state index in [0.717, 1.165) is 25.9 Å². The lowest BCUT2D eigenvalue weighted by Gasteiger charge is -2.46. The summed E-state index contributed by atoms with van der Waals surface area (Å²) < 4.78 is 0. The Hall–Kier alpha value is -1.61. The first-order valence-corrected chi connectivity index (χ1v) is 12.1. The average Bonchev–Trinajstić information content (AvgIpc) is 2.80. The highest BCUT2D eigenvalue weighted by molar-refractivity contribution is 6.40. The molecule has 1 aliphatic carbocycles. The minimum Gasteiger partial charge on any atom is -0.480 e. The number of hydrogen-bond donors (Lipinski definition) is 4. The van der Waals surface area contributed by atoms with Crippen LogP contribution in [0.5, 0.6) is 0 Å². The molecule has 194 valence electrons. The van der Waals surface area contributed by atoms with E-state index < -0.39 is 18.6 Å². The summed E-state index contributed by atoms with van der Waals surface area (Å²) in [6, 6.07) is 20.6. The van der Waals surface area contributed by atoms with Crippen LogP contribution in [0.2, 0.25) is 6.32 Å². The molecule has 9 heteroatoms. The number of carboxylic acids is 1. The van der Waals surface area contributed by atoms with Gasteiger partial charge in [0.1, 0.15) is 5.54 Å². The van der Waals surface area contributed by atoms with Crippen molar-refractivity contribution in [3.05, 3.63) is 71.8 Å². The Balaban J connectivity index is 0.00000306. The summed E-state index contributed by atoms with van der Waals surface area (Å²) in [7, 11) is -1.34. The first-order valence-electron chi connectivity index (χ1n) is 12.1. The third-order valence-electron chi connectivity index (χ3n) is 6.91. The van der Waals surface area contributed by atoms with Gasteiger partial charge >= 0.3 is 13.1 Å². The van der Waals surface area contributed by atoms with Crippen LogP contribution in [0.25, 0.3) is 0 Å². The summed E-state index contributed by atoms with van der Waals surface area (Å²) in [5, 5.41) is 32.3. The second-order valence-corrected chi connectivity index (χ2v) is 9.35. The highest BCUT2D eigenvalue weighted by Gasteiger charge is 2.49. The van der Waals surface area contributed by atoms with Crippen molar-refractivity contribution in [2.75, 3.05) is 13.1 Å². The zero-order valence-corrected chi connectivity index (χ0v) is 22.0. The van der Waals surface area contributed by atoms with Gasteiger partial charge in [0.15, 0.2) is 0 Å². The molecular weight excluding hydrogens is 486 g/mol. The van der Waals surface area contributed by atoms with Gasteiger partial charge in [-0.15, -0.1) is 24.8 Å². The monoisotopic (exact) mass is 524 g/mol. The van der Waals surface area contributed by atoms with Gasteiger partial charge in [0.05, 0.1) is 0 Å². The largest absolute Gasteiger partial charge is 0.480 e. The number of carboxylic acid groups (broad SMARTS) is 1. The maximum Gasteiger partial charge on any atom is 0.451 e. The van der Waals surface area contributed by atoms with Gasteiger partial charge in [-0.2, -0.15) is 0 Å². The van der Waals surface area contributed by atoms with E-state index in [4.69, 9.17) is 0 Å². The maximum absolute atomic E-state index is 12.7. The number of hydrogen-bond acceptors (Lipinski definition) is 5. The Bertz CT molecular complexity index is 821. The summed E-state index contributed by atoms with van der Waals surface area (Å²) in [5.41, 5.74) is 1.41. The van der Waals surface area contributed by atoms with Crippen LogP contribution < -0.4 is 5.32 Å². The SMILES string of the molecule is CCN[C@]1(C(=O)O)C[C@H](CCB(O)O)CC[C@H]1CN(Cc1ccccc1)Cc1ccccc1.Cl.Cl. The highest BCUT2D eigenvalue weighted by atomic mass is 35.5. The Kier molecular flexibility index (Phi) is 13.9. The Labute approximate surface area is 222 Å². The highest BCUT2D eigenvalue weighted by Crippen LogP contribution is 2.40. The minimum absolute atomic E-state index is 0. The third-order valence-corrected chi connectivity index (χ3v) is 6.91. The third kappa shape index (κ3) is 9.09. The van der Waals surface area contributed by atoms with E-state index in [0.29, 0.717) is 25.9 Å². The fourth-order valence-corrected chi connectivity index (χ4v) is 5.34. The second-order valence-electron chi connectivity index (χ2n) is 9.35. The van der Waals surface area contributed by atoms with Crippen LogP contribution in [0.15, 0.2) is 60.7 Å². The van der Waals surface area contributed by atoms with Gasteiger partial charge in [-0.25, -0.2) is 0 Å². The summed E-state index contributed by atoms with van der Waals surface area (Å²) in [6.07, 6.45) is 3.12. The van der Waals surface area contributed by atoms with Crippen LogP contribution in [-0.4, -0.2) is 51.8 Å². The zero-order chi connectivity index (χ0) is 23.7. The Morgan fingerprint density at radius 1 is 1.00 bits per heavy atom. The van der Waals surface area contributed by atoms with Gasteiger partial charge in [-0.1, -0.05) is 74.0 Å². The van der Waals surface area contributed by atoms with Crippen molar-refractivity contribution < 1.29 is 19.9 Å². The number of benzene rings is 2. The molecule has 2 aromatic carbocycles. The number of halogens is 2. The van der Waals surface area contributed by atoms with E-state index in [2.05, 4.69) is 34.5 Å². The van der Waals surface area contributed by atoms with Gasteiger partial charge in [0.25, 0.3) is 0 Å². The summed E-state index contributed by atoms with van der Waals surface area (Å²) in [5.74, 6) is -0.685. The summed E-state index contributed by atoms with van der Waals surface area (Å²) >= 11 is 0. The number of nitrogens with one attached hydrogen (secondary N) is 1. The quantitative estimate of drug-likeness (QED) is 0.310. The molecule has 2 aromatic rings. The molecule has 1 saturated carbocycles. The van der Waals surface area contributed by atoms with Crippen molar-refractivity contribution in [3.63, 3.8) is 0 Å². The number of rotatable bonds is 12. The molecule has 3 rings (SSSR count). The van der Waals surface area contributed by atoms with Crippen LogP contribution in [-0.2, 0) is 17.9 Å². The Morgan fingerprint density at radius 2 is 1.54 bits per heavy atom. The first-order chi connectivity index (χ1) is 15.9. The predicted molar refractivity (Wildman–Crippen MR) is 146 cm³/mol. The average molecular weight is 525 g/mol. The lowest BCUT2D eigenvalue weighted by molar-refractivity contribution is -0.151. The van der Waals surface area contributed by atoms with E-state index >= 15 is 0 Å². The molecule has 0 amide bonds. The molecule has 0 unspecified atom stereocenters. The molecule has 0 aromatic heterocycles. The van der Waals surface area contributed by atoms with E-state index in [9.17, 15) is 19.9 Å². The number of nitrogens with zero attached hydrogens (tertiary/aromatic N) is 1. The molecule has 3 atom stereocenters. The molecule has 0 radical (unpaired) electrons. The van der Waals surface area contributed by atoms with Crippen LogP contribution in [0.4, 0.5) is 0 Å². The fraction of sp³-hybridized carbons (Fsp3) is 0.500. The van der Waals surface area contributed by atoms with Crippen molar-refractivity contribution in [2.24, 2.45) is 11.8 Å². The molecule has 1 aliphatic rings. The Morgan fingerprint density at radius 3 is 2.00 bits per heavy atom. The lowest BCUT2D eigenvalue weighted by Crippen LogP contribution is -2.62. The minimum atomic E-state index is -1.34. The normalized spacial score (nSPS) is 21.6. The molecule has 0 saturated heterocycles. The molecule has 0 spiro atoms. The van der Waals surface area contributed by atoms with Crippen molar-refractivity contribution in [1.82, 2.24) is 10.2 Å². The molecule has 0 bridgehead atoms. The van der Waals surface area contributed by atoms with E-state index in [1.807, 2.05) is 43.3 Å². The van der Waals surface area contributed by atoms with Crippen LogP contribution in [0, 0.1) is 11.8 Å². The number of likely N-dealkylation sites (N-methyl/N-ethyl adjacent to an activating group) is 1. The van der Waals surface area contributed by atoms with Crippen LogP contribution in [0.3, 0.4) is 0 Å².